The molecule has 176 valence electrons. The van der Waals surface area contributed by atoms with Crippen molar-refractivity contribution >= 4 is 28.0 Å². The number of imidazole rings is 1. The van der Waals surface area contributed by atoms with Gasteiger partial charge < -0.3 is 15.2 Å². The monoisotopic (exact) mass is 460 g/mol. The van der Waals surface area contributed by atoms with E-state index in [0.717, 1.165) is 30.3 Å². The predicted octanol–water partition coefficient (Wildman–Crippen LogP) is 1.39. The molecular weight excluding hydrogens is 432 g/mol. The second-order valence-electron chi connectivity index (χ2n) is 8.69. The molecule has 0 unspecified atom stereocenters. The summed E-state index contributed by atoms with van der Waals surface area (Å²) in [5, 5.41) is 0.899. The highest BCUT2D eigenvalue weighted by Gasteiger charge is 2.26. The third kappa shape index (κ3) is 3.79. The Hall–Kier alpha value is -3.79. The fraction of sp³-hybridized carbons (Fsp3) is 0.375. The quantitative estimate of drug-likeness (QED) is 0.447. The topological polar surface area (TPSA) is 117 Å². The number of allylic oxidation sites excluding steroid dienone is 2. The van der Waals surface area contributed by atoms with Crippen LogP contribution < -0.4 is 21.9 Å². The Morgan fingerprint density at radius 2 is 2.00 bits per heavy atom. The zero-order valence-electron chi connectivity index (χ0n) is 19.4. The highest BCUT2D eigenvalue weighted by atomic mass is 16.2. The van der Waals surface area contributed by atoms with E-state index in [1.54, 1.807) is 13.2 Å². The van der Waals surface area contributed by atoms with Crippen molar-refractivity contribution in [1.29, 1.82) is 0 Å². The van der Waals surface area contributed by atoms with Gasteiger partial charge in [-0.15, -0.1) is 0 Å². The van der Waals surface area contributed by atoms with Gasteiger partial charge in [-0.2, -0.15) is 4.98 Å². The van der Waals surface area contributed by atoms with Crippen molar-refractivity contribution in [2.45, 2.75) is 38.9 Å². The molecule has 0 radical (unpaired) electrons. The van der Waals surface area contributed by atoms with Crippen LogP contribution in [0.15, 0.2) is 52.2 Å². The Morgan fingerprint density at radius 3 is 2.79 bits per heavy atom. The fourth-order valence-corrected chi connectivity index (χ4v) is 4.54. The smallest absolute Gasteiger partial charge is 0.332 e. The molecule has 3 aromatic heterocycles. The van der Waals surface area contributed by atoms with Crippen molar-refractivity contribution in [1.82, 2.24) is 28.7 Å². The minimum Gasteiger partial charge on any atom is -0.341 e. The molecule has 2 N–H and O–H groups in total. The van der Waals surface area contributed by atoms with Crippen LogP contribution in [0.25, 0.3) is 22.1 Å². The highest BCUT2D eigenvalue weighted by molar-refractivity contribution is 5.77. The van der Waals surface area contributed by atoms with Crippen molar-refractivity contribution in [3.05, 3.63) is 69.3 Å². The van der Waals surface area contributed by atoms with E-state index >= 15 is 0 Å². The van der Waals surface area contributed by atoms with Gasteiger partial charge in [0, 0.05) is 44.3 Å². The third-order valence-electron chi connectivity index (χ3n) is 6.32. The first kappa shape index (κ1) is 22.0. The van der Waals surface area contributed by atoms with Gasteiger partial charge in [0.05, 0.1) is 12.1 Å². The highest BCUT2D eigenvalue weighted by Crippen LogP contribution is 2.23. The van der Waals surface area contributed by atoms with Gasteiger partial charge in [0.1, 0.15) is 5.82 Å². The molecule has 1 saturated heterocycles. The molecule has 0 amide bonds. The molecule has 1 aliphatic heterocycles. The molecule has 10 heteroatoms. The van der Waals surface area contributed by atoms with Crippen LogP contribution in [0.2, 0.25) is 0 Å². The lowest BCUT2D eigenvalue weighted by atomic mass is 10.1. The second-order valence-corrected chi connectivity index (χ2v) is 8.69. The Kier molecular flexibility index (Phi) is 5.74. The lowest BCUT2D eigenvalue weighted by Gasteiger charge is -2.31. The molecule has 0 saturated carbocycles. The summed E-state index contributed by atoms with van der Waals surface area (Å²) in [4.78, 5) is 42.7. The lowest BCUT2D eigenvalue weighted by molar-refractivity contribution is 0.495. The molecule has 1 aliphatic rings. The summed E-state index contributed by atoms with van der Waals surface area (Å²) in [7, 11) is 1.64. The number of benzene rings is 1. The molecule has 34 heavy (non-hydrogen) atoms. The van der Waals surface area contributed by atoms with E-state index in [9.17, 15) is 9.59 Å². The van der Waals surface area contributed by atoms with E-state index in [1.165, 1.54) is 9.13 Å². The number of aryl methyl sites for hydroxylation is 1. The van der Waals surface area contributed by atoms with Crippen LogP contribution in [0.3, 0.4) is 0 Å². The van der Waals surface area contributed by atoms with Gasteiger partial charge in [0.25, 0.3) is 5.56 Å². The average molecular weight is 461 g/mol. The summed E-state index contributed by atoms with van der Waals surface area (Å²) in [5.74, 6) is 1.06. The summed E-state index contributed by atoms with van der Waals surface area (Å²) < 4.78 is 4.50. The van der Waals surface area contributed by atoms with Crippen LogP contribution in [0.1, 0.15) is 25.6 Å². The van der Waals surface area contributed by atoms with Gasteiger partial charge in [-0.1, -0.05) is 30.4 Å². The zero-order valence-corrected chi connectivity index (χ0v) is 19.4. The maximum Gasteiger partial charge on any atom is 0.332 e. The van der Waals surface area contributed by atoms with Gasteiger partial charge >= 0.3 is 5.69 Å². The van der Waals surface area contributed by atoms with Gasteiger partial charge in [-0.05, 0) is 25.8 Å². The Bertz CT molecular complexity index is 1510. The Balaban J connectivity index is 1.67. The summed E-state index contributed by atoms with van der Waals surface area (Å²) in [6.07, 6.45) is 7.52. The van der Waals surface area contributed by atoms with Gasteiger partial charge in [0.2, 0.25) is 5.95 Å². The summed E-state index contributed by atoms with van der Waals surface area (Å²) in [6, 6.07) is 7.66. The Morgan fingerprint density at radius 1 is 1.18 bits per heavy atom. The summed E-state index contributed by atoms with van der Waals surface area (Å²) >= 11 is 0. The van der Waals surface area contributed by atoms with Crippen molar-refractivity contribution in [3.8, 4) is 0 Å². The second kappa shape index (κ2) is 8.86. The predicted molar refractivity (Wildman–Crippen MR) is 132 cm³/mol. The van der Waals surface area contributed by atoms with Crippen LogP contribution in [-0.2, 0) is 20.1 Å². The molecule has 1 fully saturated rings. The normalized spacial score (nSPS) is 16.8. The maximum absolute atomic E-state index is 13.7. The van der Waals surface area contributed by atoms with Crippen molar-refractivity contribution < 1.29 is 0 Å². The molecule has 1 atom stereocenters. The standard InChI is InChI=1S/C24H28N8O2/c1-3-4-12-31-20-21(28-23(31)30-11-7-9-17(25)14-30)29(2)24(34)32(22(20)33)15-19-26-13-16-8-5-6-10-18(16)27-19/h3-6,8,10,13,17H,7,9,11-12,14-15,25H2,1-2H3/b4-3+/t17-/m1/s1. The number of nitrogens with zero attached hydrogens (tertiary/aromatic N) is 7. The lowest BCUT2D eigenvalue weighted by Crippen LogP contribution is -2.44. The van der Waals surface area contributed by atoms with E-state index in [-0.39, 0.29) is 12.6 Å². The minimum absolute atomic E-state index is 0.0228. The van der Waals surface area contributed by atoms with Crippen molar-refractivity contribution in [2.24, 2.45) is 12.8 Å². The van der Waals surface area contributed by atoms with Crippen LogP contribution in [-0.4, -0.2) is 47.8 Å². The number of rotatable bonds is 5. The number of nitrogens with two attached hydrogens (primary N) is 1. The third-order valence-corrected chi connectivity index (χ3v) is 6.32. The van der Waals surface area contributed by atoms with Gasteiger partial charge in [-0.25, -0.2) is 14.8 Å². The molecule has 10 nitrogen and oxygen atoms in total. The molecule has 0 spiro atoms. The number of piperidine rings is 1. The first-order chi connectivity index (χ1) is 16.5. The van der Waals surface area contributed by atoms with Crippen LogP contribution in [0.4, 0.5) is 5.95 Å². The number of fused-ring (bicyclic) bond motifs is 2. The molecule has 4 aromatic rings. The van der Waals surface area contributed by atoms with E-state index in [4.69, 9.17) is 10.7 Å². The number of hydrogen-bond donors (Lipinski definition) is 1. The molecule has 4 heterocycles. The summed E-state index contributed by atoms with van der Waals surface area (Å²) in [6.45, 7) is 3.84. The first-order valence-corrected chi connectivity index (χ1v) is 11.5. The number of hydrogen-bond acceptors (Lipinski definition) is 7. The van der Waals surface area contributed by atoms with E-state index in [2.05, 4.69) is 14.9 Å². The largest absolute Gasteiger partial charge is 0.341 e. The number of aromatic nitrogens is 6. The fourth-order valence-electron chi connectivity index (χ4n) is 4.54. The molecule has 0 aliphatic carbocycles. The van der Waals surface area contributed by atoms with Crippen molar-refractivity contribution in [3.63, 3.8) is 0 Å². The van der Waals surface area contributed by atoms with Gasteiger partial charge in [0.15, 0.2) is 11.2 Å². The van der Waals surface area contributed by atoms with Gasteiger partial charge in [-0.3, -0.25) is 13.9 Å². The van der Waals surface area contributed by atoms with E-state index in [1.807, 2.05) is 47.9 Å². The van der Waals surface area contributed by atoms with Crippen LogP contribution in [0, 0.1) is 0 Å². The molecule has 5 rings (SSSR count). The van der Waals surface area contributed by atoms with E-state index < -0.39 is 11.2 Å². The molecule has 0 bridgehead atoms. The number of para-hydroxylation sites is 1. The van der Waals surface area contributed by atoms with Crippen molar-refractivity contribution in [2.75, 3.05) is 18.0 Å². The Labute approximate surface area is 196 Å². The minimum atomic E-state index is -0.452. The average Bonchev–Trinajstić information content (AvgIpc) is 3.23. The van der Waals surface area contributed by atoms with Crippen LogP contribution >= 0.6 is 0 Å². The van der Waals surface area contributed by atoms with E-state index in [0.29, 0.717) is 36.0 Å². The maximum atomic E-state index is 13.7. The molecule has 1 aromatic carbocycles. The zero-order chi connectivity index (χ0) is 23.8. The number of anilines is 1. The molecular formula is C24H28N8O2. The SMILES string of the molecule is C/C=C/Cn1c(N2CCC[C@@H](N)C2)nc2c1c(=O)n(Cc1ncc3ccccc3n1)c(=O)n2C. The first-order valence-electron chi connectivity index (χ1n) is 11.5. The van der Waals surface area contributed by atoms with Crippen LogP contribution in [0.5, 0.6) is 0 Å². The summed E-state index contributed by atoms with van der Waals surface area (Å²) in [5.41, 5.74) is 6.87.